The summed E-state index contributed by atoms with van der Waals surface area (Å²) in [7, 11) is 3.36. The minimum absolute atomic E-state index is 0.112. The Morgan fingerprint density at radius 3 is 2.71 bits per heavy atom. The van der Waals surface area contributed by atoms with Crippen molar-refractivity contribution in [2.45, 2.75) is 6.92 Å². The van der Waals surface area contributed by atoms with Gasteiger partial charge in [0.1, 0.15) is 5.69 Å². The number of aryl methyl sites for hydroxylation is 2. The van der Waals surface area contributed by atoms with Crippen molar-refractivity contribution in [1.29, 1.82) is 0 Å². The molecule has 9 heteroatoms. The van der Waals surface area contributed by atoms with E-state index in [1.54, 1.807) is 49.3 Å². The molecule has 3 heterocycles. The highest BCUT2D eigenvalue weighted by atomic mass is 79.9. The maximum atomic E-state index is 13.3. The number of nitrogens with one attached hydrogen (secondary N) is 1. The van der Waals surface area contributed by atoms with E-state index in [0.29, 0.717) is 39.4 Å². The zero-order chi connectivity index (χ0) is 22.1. The first kappa shape index (κ1) is 20.8. The molecule has 0 bridgehead atoms. The third kappa shape index (κ3) is 4.09. The first-order chi connectivity index (χ1) is 14.8. The number of carbonyl (C=O) groups is 2. The van der Waals surface area contributed by atoms with E-state index in [0.717, 1.165) is 4.47 Å². The molecule has 8 nitrogen and oxygen atoms in total. The summed E-state index contributed by atoms with van der Waals surface area (Å²) >= 11 is 3.40. The van der Waals surface area contributed by atoms with Gasteiger partial charge in [0, 0.05) is 18.6 Å². The van der Waals surface area contributed by atoms with Crippen LogP contribution in [0.1, 0.15) is 16.1 Å². The maximum Gasteiger partial charge on any atom is 0.254 e. The van der Waals surface area contributed by atoms with Crippen LogP contribution in [-0.4, -0.2) is 45.1 Å². The smallest absolute Gasteiger partial charge is 0.254 e. The van der Waals surface area contributed by atoms with Crippen LogP contribution in [0.3, 0.4) is 0 Å². The number of furan rings is 1. The number of amides is 2. The Hall–Kier alpha value is -3.46. The van der Waals surface area contributed by atoms with E-state index in [4.69, 9.17) is 4.42 Å². The Morgan fingerprint density at radius 2 is 2.00 bits per heavy atom. The zero-order valence-electron chi connectivity index (χ0n) is 17.2. The van der Waals surface area contributed by atoms with Gasteiger partial charge in [0.15, 0.2) is 11.4 Å². The number of aromatic nitrogens is 3. The SMILES string of the molecule is Cc1nn(C)c2nc(-c3ccco3)cc(C(=O)N(C)CC(=O)Nc3ccccc3Br)c12. The second-order valence-electron chi connectivity index (χ2n) is 7.13. The molecule has 1 N–H and O–H groups in total. The monoisotopic (exact) mass is 481 g/mol. The minimum atomic E-state index is -0.307. The number of para-hydroxylation sites is 1. The highest BCUT2D eigenvalue weighted by Gasteiger charge is 2.23. The van der Waals surface area contributed by atoms with Gasteiger partial charge in [-0.05, 0) is 53.2 Å². The van der Waals surface area contributed by atoms with Crippen LogP contribution < -0.4 is 5.32 Å². The molecule has 0 aliphatic heterocycles. The van der Waals surface area contributed by atoms with Gasteiger partial charge in [0.25, 0.3) is 5.91 Å². The van der Waals surface area contributed by atoms with Crippen molar-refractivity contribution < 1.29 is 14.0 Å². The summed E-state index contributed by atoms with van der Waals surface area (Å²) in [6.07, 6.45) is 1.55. The number of carbonyl (C=O) groups excluding carboxylic acids is 2. The van der Waals surface area contributed by atoms with Crippen LogP contribution in [0.5, 0.6) is 0 Å². The van der Waals surface area contributed by atoms with E-state index in [9.17, 15) is 9.59 Å². The number of fused-ring (bicyclic) bond motifs is 1. The minimum Gasteiger partial charge on any atom is -0.463 e. The van der Waals surface area contributed by atoms with Gasteiger partial charge < -0.3 is 14.6 Å². The van der Waals surface area contributed by atoms with Gasteiger partial charge in [-0.3, -0.25) is 14.3 Å². The predicted molar refractivity (Wildman–Crippen MR) is 121 cm³/mol. The zero-order valence-corrected chi connectivity index (χ0v) is 18.8. The van der Waals surface area contributed by atoms with E-state index in [2.05, 4.69) is 31.3 Å². The molecule has 0 spiro atoms. The number of likely N-dealkylation sites (N-methyl/N-ethyl adjacent to an activating group) is 1. The number of benzene rings is 1. The van der Waals surface area contributed by atoms with Crippen LogP contribution in [0.15, 0.2) is 57.6 Å². The van der Waals surface area contributed by atoms with Crippen molar-refractivity contribution in [1.82, 2.24) is 19.7 Å². The lowest BCUT2D eigenvalue weighted by atomic mass is 10.1. The van der Waals surface area contributed by atoms with Crippen LogP contribution >= 0.6 is 15.9 Å². The van der Waals surface area contributed by atoms with Gasteiger partial charge in [-0.25, -0.2) is 4.98 Å². The Bertz CT molecular complexity index is 1280. The maximum absolute atomic E-state index is 13.3. The quantitative estimate of drug-likeness (QED) is 0.464. The lowest BCUT2D eigenvalue weighted by Crippen LogP contribution is -2.35. The topological polar surface area (TPSA) is 93.3 Å². The molecular weight excluding hydrogens is 462 g/mol. The summed E-state index contributed by atoms with van der Waals surface area (Å²) < 4.78 is 7.87. The van der Waals surface area contributed by atoms with E-state index >= 15 is 0 Å². The average Bonchev–Trinajstić information content (AvgIpc) is 3.37. The van der Waals surface area contributed by atoms with Crippen LogP contribution in [0.2, 0.25) is 0 Å². The fourth-order valence-electron chi connectivity index (χ4n) is 3.41. The van der Waals surface area contributed by atoms with Gasteiger partial charge in [-0.1, -0.05) is 12.1 Å². The Kier molecular flexibility index (Phi) is 5.60. The molecule has 31 heavy (non-hydrogen) atoms. The average molecular weight is 482 g/mol. The lowest BCUT2D eigenvalue weighted by molar-refractivity contribution is -0.116. The Labute approximate surface area is 187 Å². The molecule has 0 aliphatic rings. The molecular formula is C22H20BrN5O3. The molecule has 0 atom stereocenters. The molecule has 4 rings (SSSR count). The van der Waals surface area contributed by atoms with E-state index in [1.165, 1.54) is 4.90 Å². The van der Waals surface area contributed by atoms with E-state index in [1.807, 2.05) is 25.1 Å². The summed E-state index contributed by atoms with van der Waals surface area (Å²) in [5, 5.41) is 7.87. The Balaban J connectivity index is 1.65. The normalized spacial score (nSPS) is 11.0. The summed E-state index contributed by atoms with van der Waals surface area (Å²) in [6.45, 7) is 1.71. The molecule has 0 saturated carbocycles. The van der Waals surface area contributed by atoms with Crippen LogP contribution in [0, 0.1) is 6.92 Å². The second-order valence-corrected chi connectivity index (χ2v) is 7.98. The molecule has 0 unspecified atom stereocenters. The fraction of sp³-hybridized carbons (Fsp3) is 0.182. The van der Waals surface area contributed by atoms with Crippen molar-refractivity contribution >= 4 is 44.5 Å². The first-order valence-electron chi connectivity index (χ1n) is 9.53. The van der Waals surface area contributed by atoms with Crippen molar-refractivity contribution in [2.75, 3.05) is 18.9 Å². The van der Waals surface area contributed by atoms with Crippen molar-refractivity contribution in [2.24, 2.45) is 7.05 Å². The number of anilines is 1. The predicted octanol–water partition coefficient (Wildman–Crippen LogP) is 4.01. The third-order valence-electron chi connectivity index (χ3n) is 4.85. The number of pyridine rings is 1. The highest BCUT2D eigenvalue weighted by Crippen LogP contribution is 2.28. The second kappa shape index (κ2) is 8.35. The van der Waals surface area contributed by atoms with Gasteiger partial charge in [-0.2, -0.15) is 5.10 Å². The van der Waals surface area contributed by atoms with Crippen molar-refractivity contribution in [3.05, 3.63) is 64.5 Å². The van der Waals surface area contributed by atoms with E-state index < -0.39 is 0 Å². The van der Waals surface area contributed by atoms with Gasteiger partial charge in [0.05, 0.1) is 35.1 Å². The summed E-state index contributed by atoms with van der Waals surface area (Å²) in [6, 6.07) is 12.5. The molecule has 3 aromatic heterocycles. The van der Waals surface area contributed by atoms with Crippen molar-refractivity contribution in [3.63, 3.8) is 0 Å². The molecule has 4 aromatic rings. The third-order valence-corrected chi connectivity index (χ3v) is 5.54. The first-order valence-corrected chi connectivity index (χ1v) is 10.3. The molecule has 0 aliphatic carbocycles. The molecule has 0 saturated heterocycles. The standard InChI is InChI=1S/C22H20BrN5O3/c1-13-20-14(11-17(18-9-6-10-31-18)25-21(20)28(3)26-13)22(30)27(2)12-19(29)24-16-8-5-4-7-15(16)23/h4-11H,12H2,1-3H3,(H,24,29). The van der Waals surface area contributed by atoms with Gasteiger partial charge >= 0.3 is 0 Å². The van der Waals surface area contributed by atoms with Crippen LogP contribution in [-0.2, 0) is 11.8 Å². The number of halogens is 1. The van der Waals surface area contributed by atoms with Crippen molar-refractivity contribution in [3.8, 4) is 11.5 Å². The van der Waals surface area contributed by atoms with Crippen LogP contribution in [0.4, 0.5) is 5.69 Å². The summed E-state index contributed by atoms with van der Waals surface area (Å²) in [4.78, 5) is 31.9. The van der Waals surface area contributed by atoms with Crippen LogP contribution in [0.25, 0.3) is 22.5 Å². The van der Waals surface area contributed by atoms with Gasteiger partial charge in [-0.15, -0.1) is 0 Å². The fourth-order valence-corrected chi connectivity index (χ4v) is 3.79. The molecule has 1 aromatic carbocycles. The molecule has 158 valence electrons. The largest absolute Gasteiger partial charge is 0.463 e. The molecule has 2 amide bonds. The summed E-state index contributed by atoms with van der Waals surface area (Å²) in [5.74, 6) is -0.0649. The Morgan fingerprint density at radius 1 is 1.23 bits per heavy atom. The lowest BCUT2D eigenvalue weighted by Gasteiger charge is -2.18. The molecule has 0 fully saturated rings. The van der Waals surface area contributed by atoms with Gasteiger partial charge in [0.2, 0.25) is 5.91 Å². The van der Waals surface area contributed by atoms with E-state index in [-0.39, 0.29) is 18.4 Å². The number of rotatable bonds is 5. The highest BCUT2D eigenvalue weighted by molar-refractivity contribution is 9.10. The summed E-state index contributed by atoms with van der Waals surface area (Å²) in [5.41, 5.74) is 2.84. The number of nitrogens with zero attached hydrogens (tertiary/aromatic N) is 4. The molecule has 0 radical (unpaired) electrons. The number of hydrogen-bond donors (Lipinski definition) is 1. The number of hydrogen-bond acceptors (Lipinski definition) is 5.